The van der Waals surface area contributed by atoms with E-state index in [1.807, 2.05) is 19.2 Å². The molecule has 1 fully saturated rings. The van der Waals surface area contributed by atoms with Crippen molar-refractivity contribution in [1.82, 2.24) is 20.4 Å². The van der Waals surface area contributed by atoms with Crippen molar-refractivity contribution >= 4 is 23.2 Å². The molecule has 1 aliphatic rings. The Bertz CT molecular complexity index is 788. The molecule has 0 bridgehead atoms. The minimum atomic E-state index is -0.404. The number of carbonyl (C=O) groups excluding carboxylic acids is 2. The molecule has 2 aromatic rings. The maximum Gasteiger partial charge on any atom is 0.230 e. The molecular weight excluding hydrogens is 368 g/mol. The van der Waals surface area contributed by atoms with Gasteiger partial charge in [-0.15, -0.1) is 11.3 Å². The summed E-state index contributed by atoms with van der Waals surface area (Å²) in [5, 5.41) is 9.59. The highest BCUT2D eigenvalue weighted by Crippen LogP contribution is 2.13. The third-order valence-electron chi connectivity index (χ3n) is 4.37. The summed E-state index contributed by atoms with van der Waals surface area (Å²) in [4.78, 5) is 31.2. The number of thiazole rings is 1. The molecule has 3 heterocycles. The highest BCUT2D eigenvalue weighted by Gasteiger charge is 2.28. The molecule has 0 radical (unpaired) electrons. The first kappa shape index (κ1) is 19.5. The fourth-order valence-corrected chi connectivity index (χ4v) is 3.67. The van der Waals surface area contributed by atoms with Crippen LogP contribution >= 0.6 is 11.3 Å². The first-order valence-electron chi connectivity index (χ1n) is 9.04. The lowest BCUT2D eigenvalue weighted by molar-refractivity contribution is -0.132. The highest BCUT2D eigenvalue weighted by atomic mass is 32.1. The van der Waals surface area contributed by atoms with Crippen LogP contribution in [0.3, 0.4) is 0 Å². The van der Waals surface area contributed by atoms with E-state index >= 15 is 0 Å². The van der Waals surface area contributed by atoms with E-state index in [-0.39, 0.29) is 18.2 Å². The Kier molecular flexibility index (Phi) is 6.57. The maximum absolute atomic E-state index is 12.6. The number of carbonyl (C=O) groups is 2. The molecule has 1 saturated heterocycles. The predicted molar refractivity (Wildman–Crippen MR) is 99.2 cm³/mol. The molecule has 1 atom stereocenters. The Balaban J connectivity index is 1.54. The van der Waals surface area contributed by atoms with Gasteiger partial charge in [-0.05, 0) is 13.3 Å². The second-order valence-corrected chi connectivity index (χ2v) is 7.47. The summed E-state index contributed by atoms with van der Waals surface area (Å²) in [5.74, 6) is -0.0990. The van der Waals surface area contributed by atoms with Crippen LogP contribution in [0, 0.1) is 12.8 Å². The van der Waals surface area contributed by atoms with Gasteiger partial charge in [0.15, 0.2) is 0 Å². The smallest absolute Gasteiger partial charge is 0.230 e. The molecule has 3 rings (SSSR count). The van der Waals surface area contributed by atoms with Crippen molar-refractivity contribution in [2.24, 2.45) is 5.92 Å². The first-order chi connectivity index (χ1) is 13.0. The summed E-state index contributed by atoms with van der Waals surface area (Å²) in [7, 11) is 0. The van der Waals surface area contributed by atoms with Crippen LogP contribution in [0.1, 0.15) is 29.1 Å². The Morgan fingerprint density at radius 2 is 2.30 bits per heavy atom. The van der Waals surface area contributed by atoms with Crippen LogP contribution in [0.25, 0.3) is 0 Å². The minimum absolute atomic E-state index is 0.0954. The largest absolute Gasteiger partial charge is 0.379 e. The van der Waals surface area contributed by atoms with Gasteiger partial charge in [0.05, 0.1) is 43.5 Å². The highest BCUT2D eigenvalue weighted by molar-refractivity contribution is 7.09. The van der Waals surface area contributed by atoms with Crippen LogP contribution in [-0.2, 0) is 33.7 Å². The average Bonchev–Trinajstić information content (AvgIpc) is 3.20. The normalized spacial score (nSPS) is 17.6. The lowest BCUT2D eigenvalue weighted by atomic mass is 10.1. The summed E-state index contributed by atoms with van der Waals surface area (Å²) in [6.45, 7) is 5.76. The summed E-state index contributed by atoms with van der Waals surface area (Å²) < 4.78 is 10.6. The van der Waals surface area contributed by atoms with Gasteiger partial charge < -0.3 is 19.5 Å². The second kappa shape index (κ2) is 9.09. The third-order valence-corrected chi connectivity index (χ3v) is 5.26. The van der Waals surface area contributed by atoms with Gasteiger partial charge >= 0.3 is 0 Å². The molecule has 9 heteroatoms. The Morgan fingerprint density at radius 1 is 1.44 bits per heavy atom. The zero-order valence-electron chi connectivity index (χ0n) is 15.6. The van der Waals surface area contributed by atoms with E-state index in [4.69, 9.17) is 9.26 Å². The first-order valence-corrected chi connectivity index (χ1v) is 9.91. The molecule has 2 aromatic heterocycles. The average molecular weight is 392 g/mol. The van der Waals surface area contributed by atoms with E-state index in [2.05, 4.69) is 15.5 Å². The topological polar surface area (TPSA) is 97.6 Å². The van der Waals surface area contributed by atoms with Crippen molar-refractivity contribution < 1.29 is 18.8 Å². The number of aryl methyl sites for hydroxylation is 2. The molecule has 8 nitrogen and oxygen atoms in total. The Morgan fingerprint density at radius 3 is 3.00 bits per heavy atom. The van der Waals surface area contributed by atoms with E-state index in [1.165, 1.54) is 11.3 Å². The molecule has 146 valence electrons. The zero-order chi connectivity index (χ0) is 19.2. The second-order valence-electron chi connectivity index (χ2n) is 6.53. The fraction of sp³-hybridized carbons (Fsp3) is 0.556. The lowest BCUT2D eigenvalue weighted by Crippen LogP contribution is -2.42. The van der Waals surface area contributed by atoms with Gasteiger partial charge in [-0.25, -0.2) is 4.98 Å². The molecule has 2 amide bonds. The van der Waals surface area contributed by atoms with E-state index in [9.17, 15) is 9.59 Å². The zero-order valence-corrected chi connectivity index (χ0v) is 16.4. The van der Waals surface area contributed by atoms with Crippen molar-refractivity contribution in [3.05, 3.63) is 33.6 Å². The van der Waals surface area contributed by atoms with Gasteiger partial charge in [-0.1, -0.05) is 12.1 Å². The number of rotatable bonds is 6. The Hall–Kier alpha value is -2.26. The number of nitrogens with one attached hydrogen (secondary N) is 1. The monoisotopic (exact) mass is 392 g/mol. The minimum Gasteiger partial charge on any atom is -0.379 e. The van der Waals surface area contributed by atoms with Crippen LogP contribution in [0.5, 0.6) is 0 Å². The van der Waals surface area contributed by atoms with Crippen molar-refractivity contribution in [2.45, 2.75) is 33.2 Å². The SMILES string of the molecule is CCc1csc(CNC(=O)C2COCCN(C(=O)Cc3cc(C)no3)C2)n1. The summed E-state index contributed by atoms with van der Waals surface area (Å²) >= 11 is 1.54. The van der Waals surface area contributed by atoms with Crippen molar-refractivity contribution in [3.63, 3.8) is 0 Å². The summed E-state index contributed by atoms with van der Waals surface area (Å²) in [5.41, 5.74) is 1.77. The number of nitrogens with zero attached hydrogens (tertiary/aromatic N) is 3. The molecule has 0 aromatic carbocycles. The molecule has 1 N–H and O–H groups in total. The summed E-state index contributed by atoms with van der Waals surface area (Å²) in [6.07, 6.45) is 1.01. The molecule has 1 unspecified atom stereocenters. The van der Waals surface area contributed by atoms with E-state index in [0.717, 1.165) is 22.8 Å². The van der Waals surface area contributed by atoms with Crippen LogP contribution in [0.4, 0.5) is 0 Å². The van der Waals surface area contributed by atoms with E-state index in [1.54, 1.807) is 11.0 Å². The van der Waals surface area contributed by atoms with E-state index < -0.39 is 5.92 Å². The molecule has 27 heavy (non-hydrogen) atoms. The molecular formula is C18H24N4O4S. The Labute approximate surface area is 161 Å². The number of ether oxygens (including phenoxy) is 1. The number of amides is 2. The van der Waals surface area contributed by atoms with Gasteiger partial charge in [0, 0.05) is 24.5 Å². The van der Waals surface area contributed by atoms with Gasteiger partial charge in [-0.2, -0.15) is 0 Å². The quantitative estimate of drug-likeness (QED) is 0.797. The van der Waals surface area contributed by atoms with Crippen LogP contribution in [0.2, 0.25) is 0 Å². The lowest BCUT2D eigenvalue weighted by Gasteiger charge is -2.22. The van der Waals surface area contributed by atoms with Crippen molar-refractivity contribution in [1.29, 1.82) is 0 Å². The molecule has 0 aliphatic carbocycles. The maximum atomic E-state index is 12.6. The molecule has 1 aliphatic heterocycles. The molecule has 0 saturated carbocycles. The van der Waals surface area contributed by atoms with Gasteiger partial charge in [0.25, 0.3) is 0 Å². The van der Waals surface area contributed by atoms with Crippen LogP contribution in [0.15, 0.2) is 16.0 Å². The number of hydrogen-bond donors (Lipinski definition) is 1. The van der Waals surface area contributed by atoms with Gasteiger partial charge in [0.2, 0.25) is 11.8 Å². The van der Waals surface area contributed by atoms with Gasteiger partial charge in [-0.3, -0.25) is 9.59 Å². The van der Waals surface area contributed by atoms with E-state index in [0.29, 0.717) is 38.6 Å². The summed E-state index contributed by atoms with van der Waals surface area (Å²) in [6, 6.07) is 1.75. The third kappa shape index (κ3) is 5.36. The van der Waals surface area contributed by atoms with Crippen molar-refractivity contribution in [2.75, 3.05) is 26.3 Å². The number of hydrogen-bond acceptors (Lipinski definition) is 7. The predicted octanol–water partition coefficient (Wildman–Crippen LogP) is 1.34. The van der Waals surface area contributed by atoms with Crippen molar-refractivity contribution in [3.8, 4) is 0 Å². The van der Waals surface area contributed by atoms with Crippen LogP contribution < -0.4 is 5.32 Å². The van der Waals surface area contributed by atoms with Crippen LogP contribution in [-0.4, -0.2) is 53.2 Å². The molecule has 0 spiro atoms. The number of aromatic nitrogens is 2. The fourth-order valence-electron chi connectivity index (χ4n) is 2.86. The standard InChI is InChI=1S/C18H24N4O4S/c1-3-14-11-27-16(20-14)8-19-18(24)13-9-22(4-5-25-10-13)17(23)7-15-6-12(2)21-26-15/h6,11,13H,3-5,7-10H2,1-2H3,(H,19,24). The van der Waals surface area contributed by atoms with Gasteiger partial charge in [0.1, 0.15) is 10.8 Å².